The number of anilines is 1. The van der Waals surface area contributed by atoms with Crippen molar-refractivity contribution in [2.75, 3.05) is 12.8 Å². The molecule has 0 spiro atoms. The molecule has 21 heavy (non-hydrogen) atoms. The van der Waals surface area contributed by atoms with Crippen molar-refractivity contribution in [3.05, 3.63) is 46.9 Å². The topological polar surface area (TPSA) is 78.8 Å². The Morgan fingerprint density at radius 2 is 1.90 bits per heavy atom. The molecule has 6 nitrogen and oxygen atoms in total. The molecule has 0 atom stereocenters. The molecule has 1 heterocycles. The molecule has 1 aromatic heterocycles. The molecule has 7 heteroatoms. The summed E-state index contributed by atoms with van der Waals surface area (Å²) in [5, 5.41) is 11.9. The molecule has 106 valence electrons. The highest BCUT2D eigenvalue weighted by molar-refractivity contribution is 9.10. The molecule has 3 aromatic rings. The first-order valence-electron chi connectivity index (χ1n) is 6.18. The third-order valence-corrected chi connectivity index (χ3v) is 3.94. The fourth-order valence-electron chi connectivity index (χ4n) is 1.97. The first-order chi connectivity index (χ1) is 10.2. The smallest absolute Gasteiger partial charge is 0.188 e. The maximum Gasteiger partial charge on any atom is 0.188 e. The Bertz CT molecular complexity index is 769. The summed E-state index contributed by atoms with van der Waals surface area (Å²) >= 11 is 3.48. The fraction of sp³-hybridized carbons (Fsp3) is 0.0714. The lowest BCUT2D eigenvalue weighted by Crippen LogP contribution is -2.01. The van der Waals surface area contributed by atoms with Crippen molar-refractivity contribution in [1.82, 2.24) is 20.2 Å². The molecular formula is C14H12BrN5O. The van der Waals surface area contributed by atoms with Gasteiger partial charge >= 0.3 is 0 Å². The molecule has 0 bridgehead atoms. The first-order valence-corrected chi connectivity index (χ1v) is 6.97. The summed E-state index contributed by atoms with van der Waals surface area (Å²) in [4.78, 5) is 0. The zero-order valence-corrected chi connectivity index (χ0v) is 12.8. The van der Waals surface area contributed by atoms with Gasteiger partial charge in [-0.25, -0.2) is 0 Å². The Morgan fingerprint density at radius 3 is 2.62 bits per heavy atom. The van der Waals surface area contributed by atoms with Crippen LogP contribution in [0.2, 0.25) is 0 Å². The molecule has 0 aliphatic carbocycles. The van der Waals surface area contributed by atoms with Crippen molar-refractivity contribution < 1.29 is 4.74 Å². The summed E-state index contributed by atoms with van der Waals surface area (Å²) in [6.07, 6.45) is 0. The number of hydrogen-bond acceptors (Lipinski definition) is 5. The lowest BCUT2D eigenvalue weighted by Gasteiger charge is -2.08. The SMILES string of the molecule is COc1ccc(-n2nnnc2-c2cccc(N)c2Br)cc1. The summed E-state index contributed by atoms with van der Waals surface area (Å²) in [5.74, 6) is 1.39. The van der Waals surface area contributed by atoms with Crippen LogP contribution >= 0.6 is 15.9 Å². The molecule has 0 unspecified atom stereocenters. The largest absolute Gasteiger partial charge is 0.497 e. The second kappa shape index (κ2) is 5.53. The van der Waals surface area contributed by atoms with Gasteiger partial charge in [0, 0.05) is 11.3 Å². The molecular weight excluding hydrogens is 334 g/mol. The summed E-state index contributed by atoms with van der Waals surface area (Å²) in [6.45, 7) is 0. The average molecular weight is 346 g/mol. The van der Waals surface area contributed by atoms with Gasteiger partial charge in [-0.05, 0) is 62.8 Å². The van der Waals surface area contributed by atoms with Gasteiger partial charge in [0.25, 0.3) is 0 Å². The van der Waals surface area contributed by atoms with Crippen molar-refractivity contribution in [3.63, 3.8) is 0 Å². The second-order valence-electron chi connectivity index (χ2n) is 4.32. The molecule has 3 rings (SSSR count). The quantitative estimate of drug-likeness (QED) is 0.738. The zero-order valence-electron chi connectivity index (χ0n) is 11.2. The zero-order chi connectivity index (χ0) is 14.8. The van der Waals surface area contributed by atoms with Crippen LogP contribution in [0.5, 0.6) is 5.75 Å². The summed E-state index contributed by atoms with van der Waals surface area (Å²) < 4.78 is 7.58. The van der Waals surface area contributed by atoms with Crippen LogP contribution in [0, 0.1) is 0 Å². The van der Waals surface area contributed by atoms with Crippen LogP contribution in [0.25, 0.3) is 17.1 Å². The Hall–Kier alpha value is -2.41. The monoisotopic (exact) mass is 345 g/mol. The van der Waals surface area contributed by atoms with Crippen LogP contribution in [0.1, 0.15) is 0 Å². The summed E-state index contributed by atoms with van der Waals surface area (Å²) in [6, 6.07) is 13.1. The minimum Gasteiger partial charge on any atom is -0.497 e. The standard InChI is InChI=1S/C14H12BrN5O/c1-21-10-7-5-9(6-8-10)20-14(17-18-19-20)11-3-2-4-12(16)13(11)15/h2-8H,16H2,1H3. The highest BCUT2D eigenvalue weighted by Gasteiger charge is 2.14. The Labute approximate surface area is 129 Å². The van der Waals surface area contributed by atoms with Crippen LogP contribution in [0.3, 0.4) is 0 Å². The third kappa shape index (κ3) is 2.47. The van der Waals surface area contributed by atoms with Crippen LogP contribution in [0.15, 0.2) is 46.9 Å². The van der Waals surface area contributed by atoms with Crippen LogP contribution in [-0.4, -0.2) is 27.3 Å². The number of methoxy groups -OCH3 is 1. The maximum atomic E-state index is 5.91. The van der Waals surface area contributed by atoms with E-state index in [9.17, 15) is 0 Å². The van der Waals surface area contributed by atoms with E-state index in [1.54, 1.807) is 11.8 Å². The number of ether oxygens (including phenoxy) is 1. The highest BCUT2D eigenvalue weighted by Crippen LogP contribution is 2.32. The average Bonchev–Trinajstić information content (AvgIpc) is 2.99. The van der Waals surface area contributed by atoms with E-state index in [1.165, 1.54) is 0 Å². The van der Waals surface area contributed by atoms with Gasteiger partial charge in [-0.1, -0.05) is 6.07 Å². The van der Waals surface area contributed by atoms with E-state index in [2.05, 4.69) is 31.5 Å². The lowest BCUT2D eigenvalue weighted by atomic mass is 10.2. The molecule has 0 aliphatic rings. The number of rotatable bonds is 3. The first kappa shape index (κ1) is 13.6. The van der Waals surface area contributed by atoms with E-state index in [1.807, 2.05) is 42.5 Å². The van der Waals surface area contributed by atoms with Gasteiger partial charge < -0.3 is 10.5 Å². The molecule has 0 saturated heterocycles. The van der Waals surface area contributed by atoms with Gasteiger partial charge in [-0.15, -0.1) is 5.10 Å². The minimum absolute atomic E-state index is 0.611. The van der Waals surface area contributed by atoms with E-state index < -0.39 is 0 Å². The van der Waals surface area contributed by atoms with Crippen molar-refractivity contribution >= 4 is 21.6 Å². The minimum atomic E-state index is 0.611. The van der Waals surface area contributed by atoms with Crippen molar-refractivity contribution in [2.45, 2.75) is 0 Å². The number of benzene rings is 2. The summed E-state index contributed by atoms with van der Waals surface area (Å²) in [7, 11) is 1.63. The van der Waals surface area contributed by atoms with Crippen molar-refractivity contribution in [1.29, 1.82) is 0 Å². The third-order valence-electron chi connectivity index (χ3n) is 3.06. The number of halogens is 1. The molecule has 0 fully saturated rings. The molecule has 0 amide bonds. The van der Waals surface area contributed by atoms with E-state index in [0.29, 0.717) is 11.5 Å². The number of nitrogens with zero attached hydrogens (tertiary/aromatic N) is 4. The van der Waals surface area contributed by atoms with Crippen LogP contribution in [-0.2, 0) is 0 Å². The van der Waals surface area contributed by atoms with Gasteiger partial charge in [0.1, 0.15) is 5.75 Å². The number of tetrazole rings is 1. The molecule has 2 aromatic carbocycles. The Morgan fingerprint density at radius 1 is 1.14 bits per heavy atom. The fourth-order valence-corrected chi connectivity index (χ4v) is 2.42. The van der Waals surface area contributed by atoms with Crippen molar-refractivity contribution in [2.24, 2.45) is 0 Å². The van der Waals surface area contributed by atoms with Crippen LogP contribution in [0.4, 0.5) is 5.69 Å². The highest BCUT2D eigenvalue weighted by atomic mass is 79.9. The van der Waals surface area contributed by atoms with E-state index in [0.717, 1.165) is 21.5 Å². The lowest BCUT2D eigenvalue weighted by molar-refractivity contribution is 0.414. The predicted octanol–water partition coefficient (Wildman–Crippen LogP) is 2.68. The van der Waals surface area contributed by atoms with Gasteiger partial charge in [0.15, 0.2) is 5.82 Å². The maximum absolute atomic E-state index is 5.91. The van der Waals surface area contributed by atoms with Gasteiger partial charge in [0.2, 0.25) is 0 Å². The van der Waals surface area contributed by atoms with Gasteiger partial charge in [-0.3, -0.25) is 0 Å². The predicted molar refractivity (Wildman–Crippen MR) is 83.3 cm³/mol. The number of nitrogens with two attached hydrogens (primary N) is 1. The number of aromatic nitrogens is 4. The normalized spacial score (nSPS) is 10.6. The number of nitrogen functional groups attached to an aromatic ring is 1. The van der Waals surface area contributed by atoms with Gasteiger partial charge in [0.05, 0.1) is 17.3 Å². The molecule has 2 N–H and O–H groups in total. The van der Waals surface area contributed by atoms with Crippen LogP contribution < -0.4 is 10.5 Å². The van der Waals surface area contributed by atoms with E-state index in [-0.39, 0.29) is 0 Å². The van der Waals surface area contributed by atoms with E-state index >= 15 is 0 Å². The van der Waals surface area contributed by atoms with Crippen molar-refractivity contribution in [3.8, 4) is 22.8 Å². The Kier molecular flexibility index (Phi) is 3.57. The molecule has 0 saturated carbocycles. The second-order valence-corrected chi connectivity index (χ2v) is 5.11. The van der Waals surface area contributed by atoms with Gasteiger partial charge in [-0.2, -0.15) is 4.68 Å². The number of hydrogen-bond donors (Lipinski definition) is 1. The molecule has 0 aliphatic heterocycles. The van der Waals surface area contributed by atoms with E-state index in [4.69, 9.17) is 10.5 Å². The summed E-state index contributed by atoms with van der Waals surface area (Å²) in [5.41, 5.74) is 8.22. The Balaban J connectivity index is 2.10. The molecule has 0 radical (unpaired) electrons.